The molecule has 0 heterocycles. The van der Waals surface area contributed by atoms with E-state index in [1.54, 1.807) is 0 Å². The van der Waals surface area contributed by atoms with Crippen molar-refractivity contribution in [2.75, 3.05) is 6.61 Å². The van der Waals surface area contributed by atoms with Gasteiger partial charge in [-0.3, -0.25) is 0 Å². The monoisotopic (exact) mass is 289 g/mol. The van der Waals surface area contributed by atoms with Crippen LogP contribution in [0.5, 0.6) is 0 Å². The number of nitrogens with two attached hydrogens (primary N) is 1. The summed E-state index contributed by atoms with van der Waals surface area (Å²) in [5, 5.41) is 16.7. The third kappa shape index (κ3) is 1.96. The molecule has 0 unspecified atom stereocenters. The summed E-state index contributed by atoms with van der Waals surface area (Å²) in [6.45, 7) is 0.194. The van der Waals surface area contributed by atoms with Crippen LogP contribution in [0.4, 0.5) is 0 Å². The average molecular weight is 289 g/mol. The molecule has 110 valence electrons. The van der Waals surface area contributed by atoms with Crippen LogP contribution < -0.4 is 5.73 Å². The van der Waals surface area contributed by atoms with Crippen LogP contribution in [0.25, 0.3) is 32.3 Å². The topological polar surface area (TPSA) is 46.2 Å². The van der Waals surface area contributed by atoms with Gasteiger partial charge in [-0.05, 0) is 50.7 Å². The third-order valence-corrected chi connectivity index (χ3v) is 4.64. The summed E-state index contributed by atoms with van der Waals surface area (Å²) in [6, 6.07) is 19.5. The maximum atomic E-state index is 9.04. The molecule has 0 aliphatic carbocycles. The Morgan fingerprint density at radius 1 is 0.818 bits per heavy atom. The van der Waals surface area contributed by atoms with Gasteiger partial charge in [-0.1, -0.05) is 54.6 Å². The quantitative estimate of drug-likeness (QED) is 0.548. The van der Waals surface area contributed by atoms with E-state index in [1.807, 2.05) is 0 Å². The molecule has 0 aliphatic heterocycles. The van der Waals surface area contributed by atoms with Gasteiger partial charge in [-0.25, -0.2) is 0 Å². The second kappa shape index (κ2) is 5.24. The molecule has 4 aromatic rings. The van der Waals surface area contributed by atoms with Gasteiger partial charge in [-0.15, -0.1) is 0 Å². The average Bonchev–Trinajstić information content (AvgIpc) is 2.57. The van der Waals surface area contributed by atoms with Gasteiger partial charge in [-0.2, -0.15) is 0 Å². The summed E-state index contributed by atoms with van der Waals surface area (Å²) in [5.74, 6) is 0. The zero-order valence-electron chi connectivity index (χ0n) is 12.4. The lowest BCUT2D eigenvalue weighted by atomic mass is 9.89. The molecule has 0 spiro atoms. The van der Waals surface area contributed by atoms with Gasteiger partial charge in [0.25, 0.3) is 0 Å². The first kappa shape index (κ1) is 13.5. The Hall–Kier alpha value is -2.16. The third-order valence-electron chi connectivity index (χ3n) is 4.64. The molecule has 3 N–H and O–H groups in total. The number of aliphatic hydroxyl groups excluding tert-OH is 1. The maximum Gasteiger partial charge on any atom is 0.0431 e. The van der Waals surface area contributed by atoms with Crippen LogP contribution >= 0.6 is 0 Å². The van der Waals surface area contributed by atoms with Crippen molar-refractivity contribution >= 4 is 32.3 Å². The lowest BCUT2D eigenvalue weighted by Crippen LogP contribution is -2.11. The second-order valence-electron chi connectivity index (χ2n) is 5.98. The molecular weight excluding hydrogens is 270 g/mol. The van der Waals surface area contributed by atoms with Crippen molar-refractivity contribution in [1.82, 2.24) is 0 Å². The van der Waals surface area contributed by atoms with Gasteiger partial charge >= 0.3 is 0 Å². The Morgan fingerprint density at radius 3 is 2.18 bits per heavy atom. The molecule has 1 atom stereocenters. The molecule has 0 radical (unpaired) electrons. The standard InChI is InChI=1S/C20H19NO/c21-18(5-2-12-22)16-10-8-15-7-6-13-3-1-4-14-9-11-17(16)20(15)19(13)14/h1,3-4,6-11,18,22H,2,5,12,21H2/t18-/m1/s1. The molecule has 4 rings (SSSR count). The molecule has 0 saturated carbocycles. The number of hydrogen-bond donors (Lipinski definition) is 2. The fourth-order valence-electron chi connectivity index (χ4n) is 3.55. The zero-order chi connectivity index (χ0) is 15.1. The van der Waals surface area contributed by atoms with Crippen LogP contribution in [-0.2, 0) is 0 Å². The molecule has 4 aromatic carbocycles. The highest BCUT2D eigenvalue weighted by atomic mass is 16.2. The van der Waals surface area contributed by atoms with E-state index >= 15 is 0 Å². The van der Waals surface area contributed by atoms with E-state index in [9.17, 15) is 0 Å². The predicted octanol–water partition coefficient (Wildman–Crippen LogP) is 4.36. The lowest BCUT2D eigenvalue weighted by Gasteiger charge is -2.17. The summed E-state index contributed by atoms with van der Waals surface area (Å²) in [7, 11) is 0. The van der Waals surface area contributed by atoms with Crippen LogP contribution in [-0.4, -0.2) is 11.7 Å². The maximum absolute atomic E-state index is 9.04. The fraction of sp³-hybridized carbons (Fsp3) is 0.200. The van der Waals surface area contributed by atoms with Crippen LogP contribution in [0, 0.1) is 0 Å². The minimum atomic E-state index is -0.0308. The number of hydrogen-bond acceptors (Lipinski definition) is 2. The summed E-state index contributed by atoms with van der Waals surface area (Å²) < 4.78 is 0. The minimum Gasteiger partial charge on any atom is -0.396 e. The van der Waals surface area contributed by atoms with Crippen molar-refractivity contribution in [3.8, 4) is 0 Å². The van der Waals surface area contributed by atoms with Crippen molar-refractivity contribution in [3.05, 3.63) is 60.2 Å². The molecule has 0 fully saturated rings. The molecule has 2 nitrogen and oxygen atoms in total. The molecule has 0 saturated heterocycles. The van der Waals surface area contributed by atoms with E-state index in [0.717, 1.165) is 12.8 Å². The van der Waals surface area contributed by atoms with Gasteiger partial charge in [0.2, 0.25) is 0 Å². The second-order valence-corrected chi connectivity index (χ2v) is 5.98. The lowest BCUT2D eigenvalue weighted by molar-refractivity contribution is 0.280. The Balaban J connectivity index is 2.04. The summed E-state index contributed by atoms with van der Waals surface area (Å²) in [4.78, 5) is 0. The molecule has 0 bridgehead atoms. The largest absolute Gasteiger partial charge is 0.396 e. The highest BCUT2D eigenvalue weighted by molar-refractivity contribution is 6.23. The Morgan fingerprint density at radius 2 is 1.45 bits per heavy atom. The SMILES string of the molecule is N[C@H](CCCO)c1ccc2ccc3cccc4ccc1c2c34. The summed E-state index contributed by atoms with van der Waals surface area (Å²) in [5.41, 5.74) is 7.55. The van der Waals surface area contributed by atoms with Crippen molar-refractivity contribution in [1.29, 1.82) is 0 Å². The van der Waals surface area contributed by atoms with Crippen LogP contribution in [0.3, 0.4) is 0 Å². The van der Waals surface area contributed by atoms with E-state index < -0.39 is 0 Å². The Labute approximate surface area is 129 Å². The Kier molecular flexibility index (Phi) is 3.21. The van der Waals surface area contributed by atoms with E-state index in [4.69, 9.17) is 10.8 Å². The first-order valence-electron chi connectivity index (χ1n) is 7.82. The normalized spacial score (nSPS) is 13.4. The van der Waals surface area contributed by atoms with Crippen molar-refractivity contribution in [2.45, 2.75) is 18.9 Å². The van der Waals surface area contributed by atoms with Gasteiger partial charge in [0, 0.05) is 12.6 Å². The fourth-order valence-corrected chi connectivity index (χ4v) is 3.55. The first-order valence-corrected chi connectivity index (χ1v) is 7.82. The van der Waals surface area contributed by atoms with Gasteiger partial charge in [0.15, 0.2) is 0 Å². The Bertz CT molecular complexity index is 928. The van der Waals surface area contributed by atoms with E-state index in [2.05, 4.69) is 54.6 Å². The molecular formula is C20H19NO. The molecule has 22 heavy (non-hydrogen) atoms. The molecule has 0 amide bonds. The first-order chi connectivity index (χ1) is 10.8. The van der Waals surface area contributed by atoms with Gasteiger partial charge < -0.3 is 10.8 Å². The van der Waals surface area contributed by atoms with Crippen molar-refractivity contribution in [2.24, 2.45) is 5.73 Å². The predicted molar refractivity (Wildman–Crippen MR) is 93.4 cm³/mol. The summed E-state index contributed by atoms with van der Waals surface area (Å²) >= 11 is 0. The highest BCUT2D eigenvalue weighted by Crippen LogP contribution is 2.37. The van der Waals surface area contributed by atoms with Crippen molar-refractivity contribution in [3.63, 3.8) is 0 Å². The molecule has 0 aliphatic rings. The van der Waals surface area contributed by atoms with E-state index in [1.165, 1.54) is 37.9 Å². The highest BCUT2D eigenvalue weighted by Gasteiger charge is 2.14. The minimum absolute atomic E-state index is 0.0308. The van der Waals surface area contributed by atoms with E-state index in [-0.39, 0.29) is 12.6 Å². The number of benzene rings is 4. The van der Waals surface area contributed by atoms with Crippen LogP contribution in [0.15, 0.2) is 54.6 Å². The molecule has 2 heteroatoms. The zero-order valence-corrected chi connectivity index (χ0v) is 12.4. The van der Waals surface area contributed by atoms with Crippen LogP contribution in [0.1, 0.15) is 24.4 Å². The number of rotatable bonds is 4. The van der Waals surface area contributed by atoms with E-state index in [0.29, 0.717) is 0 Å². The van der Waals surface area contributed by atoms with Gasteiger partial charge in [0.05, 0.1) is 0 Å². The smallest absolute Gasteiger partial charge is 0.0431 e. The molecule has 0 aromatic heterocycles. The van der Waals surface area contributed by atoms with Gasteiger partial charge in [0.1, 0.15) is 0 Å². The summed E-state index contributed by atoms with van der Waals surface area (Å²) in [6.07, 6.45) is 1.55. The van der Waals surface area contributed by atoms with Crippen LogP contribution in [0.2, 0.25) is 0 Å². The number of aliphatic hydroxyl groups is 1. The van der Waals surface area contributed by atoms with Crippen molar-refractivity contribution < 1.29 is 5.11 Å².